The molecule has 4 aromatic rings. The summed E-state index contributed by atoms with van der Waals surface area (Å²) < 4.78 is 2.51. The van der Waals surface area contributed by atoms with Gasteiger partial charge in [-0.1, -0.05) is 52.2 Å². The van der Waals surface area contributed by atoms with Crippen LogP contribution < -0.4 is 0 Å². The molecular weight excluding hydrogens is 324 g/mol. The van der Waals surface area contributed by atoms with Gasteiger partial charge in [0.15, 0.2) is 5.52 Å². The van der Waals surface area contributed by atoms with Crippen molar-refractivity contribution >= 4 is 22.6 Å². The Labute approximate surface area is 151 Å². The zero-order valence-electron chi connectivity index (χ0n) is 14.6. The fourth-order valence-corrected chi connectivity index (χ4v) is 2.86. The van der Waals surface area contributed by atoms with E-state index in [2.05, 4.69) is 10.3 Å². The molecule has 0 fully saturated rings. The number of hydrogen-bond donors (Lipinski definition) is 0. The maximum atomic E-state index is 13.3. The van der Waals surface area contributed by atoms with Gasteiger partial charge in [-0.3, -0.25) is 0 Å². The molecule has 0 saturated heterocycles. The van der Waals surface area contributed by atoms with Crippen molar-refractivity contribution in [3.63, 3.8) is 0 Å². The highest BCUT2D eigenvalue weighted by Crippen LogP contribution is 2.18. The number of rotatable bonds is 2. The molecule has 1 aromatic heterocycles. The van der Waals surface area contributed by atoms with Gasteiger partial charge in [-0.15, -0.1) is 5.10 Å². The maximum Gasteiger partial charge on any atom is 0.319 e. The van der Waals surface area contributed by atoms with Gasteiger partial charge in [0.25, 0.3) is 0 Å². The fourth-order valence-electron chi connectivity index (χ4n) is 2.86. The molecule has 0 N–H and O–H groups in total. The smallest absolute Gasteiger partial charge is 0.319 e. The Morgan fingerprint density at radius 2 is 1.46 bits per heavy atom. The van der Waals surface area contributed by atoms with Crippen LogP contribution in [0.2, 0.25) is 0 Å². The topological polar surface area (TPSA) is 56.8 Å². The average Bonchev–Trinajstić information content (AvgIpc) is 3.08. The molecule has 5 nitrogen and oxygen atoms in total. The van der Waals surface area contributed by atoms with Crippen LogP contribution in [0.1, 0.15) is 16.7 Å². The molecule has 128 valence electrons. The van der Waals surface area contributed by atoms with Crippen LogP contribution in [-0.2, 0) is 0 Å². The Morgan fingerprint density at radius 1 is 0.846 bits per heavy atom. The van der Waals surface area contributed by atoms with Crippen molar-refractivity contribution in [2.24, 2.45) is 0 Å². The first-order valence-electron chi connectivity index (χ1n) is 8.42. The summed E-state index contributed by atoms with van der Waals surface area (Å²) in [6.07, 6.45) is 0. The zero-order chi connectivity index (χ0) is 18.1. The van der Waals surface area contributed by atoms with Crippen LogP contribution >= 0.6 is 0 Å². The van der Waals surface area contributed by atoms with Gasteiger partial charge in [0.2, 0.25) is 0 Å². The van der Waals surface area contributed by atoms with Crippen molar-refractivity contribution < 1.29 is 4.74 Å². The van der Waals surface area contributed by atoms with E-state index in [-0.39, 0.29) is 0 Å². The van der Waals surface area contributed by atoms with E-state index >= 15 is 0 Å². The summed E-state index contributed by atoms with van der Waals surface area (Å²) in [5.41, 5.74) is 5.09. The first kappa shape index (κ1) is 16.0. The van der Waals surface area contributed by atoms with Gasteiger partial charge >= 0.3 is 5.84 Å². The van der Waals surface area contributed by atoms with E-state index < -0.39 is 0 Å². The van der Waals surface area contributed by atoms with Crippen LogP contribution in [0.5, 0.6) is 0 Å². The third-order valence-electron chi connectivity index (χ3n) is 4.32. The van der Waals surface area contributed by atoms with Crippen molar-refractivity contribution in [3.8, 4) is 0 Å². The zero-order valence-corrected chi connectivity index (χ0v) is 14.6. The van der Waals surface area contributed by atoms with Crippen molar-refractivity contribution in [2.45, 2.75) is 13.8 Å². The molecule has 0 aliphatic heterocycles. The number of hydrogen-bond acceptors (Lipinski definition) is 3. The first-order chi connectivity index (χ1) is 12.6. The molecule has 0 radical (unpaired) electrons. The third kappa shape index (κ3) is 2.84. The van der Waals surface area contributed by atoms with E-state index in [4.69, 9.17) is 0 Å². The minimum absolute atomic E-state index is 0.419. The lowest BCUT2D eigenvalue weighted by molar-refractivity contribution is -0.363. The Bertz CT molecular complexity index is 1090. The molecule has 0 amide bonds. The van der Waals surface area contributed by atoms with Crippen molar-refractivity contribution in [2.75, 3.05) is 0 Å². The predicted molar refractivity (Wildman–Crippen MR) is 103 cm³/mol. The van der Waals surface area contributed by atoms with Gasteiger partial charge in [-0.2, -0.15) is 0 Å². The van der Waals surface area contributed by atoms with Crippen LogP contribution in [0.3, 0.4) is 0 Å². The Hall–Kier alpha value is -3.47. The van der Waals surface area contributed by atoms with Crippen molar-refractivity contribution in [1.82, 2.24) is 15.0 Å². The number of aryl methyl sites for hydroxylation is 2. The van der Waals surface area contributed by atoms with Crippen LogP contribution in [0.15, 0.2) is 72.8 Å². The second-order valence-corrected chi connectivity index (χ2v) is 6.31. The summed E-state index contributed by atoms with van der Waals surface area (Å²) in [5, 5.41) is 21.7. The summed E-state index contributed by atoms with van der Waals surface area (Å²) in [4.78, 5) is 0. The summed E-state index contributed by atoms with van der Waals surface area (Å²) in [5.74, 6) is 0.419. The van der Waals surface area contributed by atoms with E-state index in [9.17, 15) is 5.21 Å². The highest BCUT2D eigenvalue weighted by atomic mass is 16.5. The minimum atomic E-state index is 0.419. The summed E-state index contributed by atoms with van der Waals surface area (Å²) >= 11 is 0. The van der Waals surface area contributed by atoms with Gasteiger partial charge < -0.3 is 5.21 Å². The number of benzene rings is 3. The molecule has 1 heterocycles. The molecule has 26 heavy (non-hydrogen) atoms. The predicted octanol–water partition coefficient (Wildman–Crippen LogP) is 4.19. The normalized spacial score (nSPS) is 12.2. The van der Waals surface area contributed by atoms with Gasteiger partial charge in [0.1, 0.15) is 11.2 Å². The molecule has 0 saturated carbocycles. The highest BCUT2D eigenvalue weighted by Gasteiger charge is 2.22. The SMILES string of the molecule is Cc1ccc(C(n2nnc3ccccc32)=[N+]([O-])c2ccc(C)cc2)cc1. The molecular formula is C21H18N4O. The molecule has 0 aliphatic rings. The maximum absolute atomic E-state index is 13.3. The lowest BCUT2D eigenvalue weighted by Gasteiger charge is -2.14. The third-order valence-corrected chi connectivity index (χ3v) is 4.32. The van der Waals surface area contributed by atoms with Crippen molar-refractivity contribution in [3.05, 3.63) is 94.7 Å². The highest BCUT2D eigenvalue weighted by molar-refractivity contribution is 6.01. The van der Waals surface area contributed by atoms with E-state index in [1.165, 1.54) is 0 Å². The van der Waals surface area contributed by atoms with E-state index in [1.807, 2.05) is 86.6 Å². The Morgan fingerprint density at radius 3 is 2.15 bits per heavy atom. The van der Waals surface area contributed by atoms with Crippen molar-refractivity contribution in [1.29, 1.82) is 0 Å². The summed E-state index contributed by atoms with van der Waals surface area (Å²) in [6.45, 7) is 4.01. The molecule has 5 heteroatoms. The van der Waals surface area contributed by atoms with Gasteiger partial charge in [0, 0.05) is 5.21 Å². The molecule has 0 aliphatic carbocycles. The molecule has 0 atom stereocenters. The number of nitrogens with zero attached hydrogens (tertiary/aromatic N) is 4. The fraction of sp³-hybridized carbons (Fsp3) is 0.0952. The lowest BCUT2D eigenvalue weighted by atomic mass is 10.1. The van der Waals surface area contributed by atoms with Crippen LogP contribution in [0.4, 0.5) is 5.69 Å². The van der Waals surface area contributed by atoms with Gasteiger partial charge in [-0.05, 0) is 50.2 Å². The average molecular weight is 342 g/mol. The molecule has 0 bridgehead atoms. The quantitative estimate of drug-likeness (QED) is 0.180. The Kier molecular flexibility index (Phi) is 3.97. The number of aromatic nitrogens is 3. The molecule has 4 rings (SSSR count). The molecule has 0 unspecified atom stereocenters. The lowest BCUT2D eigenvalue weighted by Crippen LogP contribution is -2.23. The van der Waals surface area contributed by atoms with Crippen LogP contribution in [0.25, 0.3) is 11.0 Å². The second kappa shape index (κ2) is 6.44. The minimum Gasteiger partial charge on any atom is -0.710 e. The second-order valence-electron chi connectivity index (χ2n) is 6.31. The van der Waals surface area contributed by atoms with Gasteiger partial charge in [-0.25, -0.2) is 4.74 Å². The van der Waals surface area contributed by atoms with Crippen LogP contribution in [0, 0.1) is 19.1 Å². The monoisotopic (exact) mass is 342 g/mol. The standard InChI is InChI=1S/C21H18N4O/c1-15-7-11-17(12-8-15)21(25(26)18-13-9-16(2)10-14-18)24-20-6-4-3-5-19(20)22-23-24/h3-14H,1-2H3. The number of para-hydroxylation sites is 1. The molecule has 3 aromatic carbocycles. The first-order valence-corrected chi connectivity index (χ1v) is 8.42. The summed E-state index contributed by atoms with van der Waals surface area (Å²) in [6, 6.07) is 22.9. The number of fused-ring (bicyclic) bond motifs is 1. The molecule has 0 spiro atoms. The Balaban J connectivity index is 1.99. The summed E-state index contributed by atoms with van der Waals surface area (Å²) in [7, 11) is 0. The van der Waals surface area contributed by atoms with E-state index in [0.717, 1.165) is 32.5 Å². The van der Waals surface area contributed by atoms with Crippen LogP contribution in [-0.4, -0.2) is 25.6 Å². The van der Waals surface area contributed by atoms with E-state index in [0.29, 0.717) is 11.5 Å². The van der Waals surface area contributed by atoms with E-state index in [1.54, 1.807) is 4.68 Å². The van der Waals surface area contributed by atoms with Gasteiger partial charge in [0.05, 0.1) is 5.56 Å². The largest absolute Gasteiger partial charge is 0.710 e.